The summed E-state index contributed by atoms with van der Waals surface area (Å²) < 4.78 is 39.6. The van der Waals surface area contributed by atoms with E-state index in [9.17, 15) is 18.0 Å². The van der Waals surface area contributed by atoms with E-state index in [2.05, 4.69) is 20.6 Å². The maximum absolute atomic E-state index is 13.2. The Labute approximate surface area is 125 Å². The summed E-state index contributed by atoms with van der Waals surface area (Å²) >= 11 is 0. The molecule has 3 fully saturated rings. The maximum Gasteiger partial charge on any atom is 0.396 e. The highest BCUT2D eigenvalue weighted by molar-refractivity contribution is 5.92. The molecular formula is C14H17F3N4O. The molecule has 3 N–H and O–H groups in total. The van der Waals surface area contributed by atoms with Crippen LogP contribution in [0.3, 0.4) is 0 Å². The van der Waals surface area contributed by atoms with Crippen LogP contribution >= 0.6 is 0 Å². The van der Waals surface area contributed by atoms with Gasteiger partial charge in [-0.1, -0.05) is 0 Å². The minimum Gasteiger partial charge on any atom is -0.350 e. The first-order valence-electron chi connectivity index (χ1n) is 7.48. The number of nitrogens with one attached hydrogen (secondary N) is 3. The van der Waals surface area contributed by atoms with Gasteiger partial charge in [-0.05, 0) is 19.3 Å². The van der Waals surface area contributed by atoms with Crippen molar-refractivity contribution >= 4 is 5.91 Å². The van der Waals surface area contributed by atoms with Gasteiger partial charge in [-0.15, -0.1) is 0 Å². The van der Waals surface area contributed by atoms with Gasteiger partial charge in [0.05, 0.1) is 11.6 Å². The van der Waals surface area contributed by atoms with Crippen molar-refractivity contribution in [2.45, 2.75) is 31.4 Å². The highest BCUT2D eigenvalue weighted by Crippen LogP contribution is 2.72. The Morgan fingerprint density at radius 2 is 2.18 bits per heavy atom. The normalized spacial score (nSPS) is 33.6. The largest absolute Gasteiger partial charge is 0.396 e. The topological polar surface area (TPSA) is 69.8 Å². The molecule has 1 saturated heterocycles. The number of H-pyrrole nitrogens is 1. The number of aromatic amines is 1. The second kappa shape index (κ2) is 4.24. The fraction of sp³-hybridized carbons (Fsp3) is 0.714. The summed E-state index contributed by atoms with van der Waals surface area (Å²) in [5.74, 6) is 0.811. The molecule has 2 saturated carbocycles. The number of piperidine rings is 1. The van der Waals surface area contributed by atoms with Crippen LogP contribution in [0.15, 0.2) is 6.20 Å². The molecule has 0 unspecified atom stereocenters. The summed E-state index contributed by atoms with van der Waals surface area (Å²) in [6.07, 6.45) is -0.548. The fourth-order valence-corrected chi connectivity index (χ4v) is 3.69. The van der Waals surface area contributed by atoms with Crippen molar-refractivity contribution in [1.82, 2.24) is 20.6 Å². The second-order valence-corrected chi connectivity index (χ2v) is 6.78. The second-order valence-electron chi connectivity index (χ2n) is 6.78. The lowest BCUT2D eigenvalue weighted by Crippen LogP contribution is -2.37. The van der Waals surface area contributed by atoms with E-state index in [4.69, 9.17) is 0 Å². The number of carbonyl (C=O) groups excluding carboxylic acids is 1. The Morgan fingerprint density at radius 1 is 1.41 bits per heavy atom. The zero-order chi connectivity index (χ0) is 15.6. The van der Waals surface area contributed by atoms with E-state index < -0.39 is 17.0 Å². The van der Waals surface area contributed by atoms with Crippen LogP contribution in [0.25, 0.3) is 0 Å². The SMILES string of the molecule is O=C(NC[C@]12CNC[C@@]1(C(F)(F)F)C2)c1cnc(C2CC2)[nH]1. The van der Waals surface area contributed by atoms with Crippen LogP contribution in [0.2, 0.25) is 0 Å². The number of fused-ring (bicyclic) bond motifs is 1. The van der Waals surface area contributed by atoms with E-state index in [-0.39, 0.29) is 25.4 Å². The number of carbonyl (C=O) groups is 1. The lowest BCUT2D eigenvalue weighted by molar-refractivity contribution is -0.190. The van der Waals surface area contributed by atoms with Crippen LogP contribution in [0.5, 0.6) is 0 Å². The van der Waals surface area contributed by atoms with Crippen LogP contribution in [0, 0.1) is 10.8 Å². The number of imidazole rings is 1. The first kappa shape index (κ1) is 14.0. The Morgan fingerprint density at radius 3 is 2.82 bits per heavy atom. The lowest BCUT2D eigenvalue weighted by atomic mass is 9.95. The van der Waals surface area contributed by atoms with Crippen LogP contribution in [0.4, 0.5) is 13.2 Å². The van der Waals surface area contributed by atoms with Gasteiger partial charge in [-0.25, -0.2) is 4.98 Å². The Hall–Kier alpha value is -1.57. The molecule has 1 amide bonds. The number of nitrogens with zero attached hydrogens (tertiary/aromatic N) is 1. The van der Waals surface area contributed by atoms with Gasteiger partial charge in [0.2, 0.25) is 0 Å². The van der Waals surface area contributed by atoms with Crippen LogP contribution in [-0.2, 0) is 0 Å². The van der Waals surface area contributed by atoms with E-state index in [1.807, 2.05) is 0 Å². The maximum atomic E-state index is 13.2. The highest BCUT2D eigenvalue weighted by atomic mass is 19.4. The Bertz CT molecular complexity index is 624. The quantitative estimate of drug-likeness (QED) is 0.790. The third-order valence-electron chi connectivity index (χ3n) is 5.35. The number of rotatable bonds is 4. The smallest absolute Gasteiger partial charge is 0.350 e. The lowest BCUT2D eigenvalue weighted by Gasteiger charge is -2.20. The van der Waals surface area contributed by atoms with Crippen molar-refractivity contribution in [2.75, 3.05) is 19.6 Å². The molecule has 1 aromatic heterocycles. The summed E-state index contributed by atoms with van der Waals surface area (Å²) in [6, 6.07) is 0. The number of alkyl halides is 3. The van der Waals surface area contributed by atoms with E-state index >= 15 is 0 Å². The molecule has 1 aromatic rings. The first-order valence-corrected chi connectivity index (χ1v) is 7.48. The molecule has 3 aliphatic rings. The third-order valence-corrected chi connectivity index (χ3v) is 5.35. The predicted molar refractivity (Wildman–Crippen MR) is 71.3 cm³/mol. The van der Waals surface area contributed by atoms with Gasteiger partial charge in [-0.3, -0.25) is 4.79 Å². The predicted octanol–water partition coefficient (Wildman–Crippen LogP) is 1.56. The van der Waals surface area contributed by atoms with Gasteiger partial charge < -0.3 is 15.6 Å². The third kappa shape index (κ3) is 1.89. The number of halogens is 3. The van der Waals surface area contributed by atoms with Crippen LogP contribution < -0.4 is 10.6 Å². The van der Waals surface area contributed by atoms with Crippen molar-refractivity contribution in [1.29, 1.82) is 0 Å². The molecule has 5 nitrogen and oxygen atoms in total. The van der Waals surface area contributed by atoms with E-state index in [1.54, 1.807) is 0 Å². The Kier molecular flexibility index (Phi) is 2.71. The molecule has 2 aliphatic carbocycles. The summed E-state index contributed by atoms with van der Waals surface area (Å²) in [6.45, 7) is 0.279. The van der Waals surface area contributed by atoms with Crippen molar-refractivity contribution in [2.24, 2.45) is 10.8 Å². The molecule has 0 aromatic carbocycles. The molecule has 1 aliphatic heterocycles. The van der Waals surface area contributed by atoms with E-state index in [0.29, 0.717) is 18.2 Å². The molecule has 22 heavy (non-hydrogen) atoms. The summed E-state index contributed by atoms with van der Waals surface area (Å²) in [7, 11) is 0. The van der Waals surface area contributed by atoms with Gasteiger partial charge in [0.25, 0.3) is 5.91 Å². The number of hydrogen-bond donors (Lipinski definition) is 3. The zero-order valence-electron chi connectivity index (χ0n) is 11.9. The number of aromatic nitrogens is 2. The molecule has 0 spiro atoms. The van der Waals surface area contributed by atoms with Gasteiger partial charge in [0.1, 0.15) is 11.5 Å². The van der Waals surface area contributed by atoms with Crippen LogP contribution in [0.1, 0.15) is 41.5 Å². The minimum atomic E-state index is -4.23. The van der Waals surface area contributed by atoms with Gasteiger partial charge >= 0.3 is 6.18 Å². The van der Waals surface area contributed by atoms with Gasteiger partial charge in [0, 0.05) is 31.0 Å². The van der Waals surface area contributed by atoms with Gasteiger partial charge in [0.15, 0.2) is 0 Å². The average Bonchev–Trinajstić information content (AvgIpc) is 3.33. The number of amides is 1. The molecular weight excluding hydrogens is 297 g/mol. The summed E-state index contributed by atoms with van der Waals surface area (Å²) in [4.78, 5) is 19.2. The zero-order valence-corrected chi connectivity index (χ0v) is 11.9. The highest BCUT2D eigenvalue weighted by Gasteiger charge is 2.81. The van der Waals surface area contributed by atoms with Crippen molar-refractivity contribution < 1.29 is 18.0 Å². The molecule has 0 bridgehead atoms. The van der Waals surface area contributed by atoms with Gasteiger partial charge in [-0.2, -0.15) is 13.2 Å². The average molecular weight is 314 g/mol. The summed E-state index contributed by atoms with van der Waals surface area (Å²) in [5, 5.41) is 5.45. The molecule has 2 atom stereocenters. The Balaban J connectivity index is 1.41. The first-order chi connectivity index (χ1) is 10.4. The molecule has 4 rings (SSSR count). The number of hydrogen-bond acceptors (Lipinski definition) is 3. The van der Waals surface area contributed by atoms with Crippen LogP contribution in [-0.4, -0.2) is 41.7 Å². The monoisotopic (exact) mass is 314 g/mol. The molecule has 2 heterocycles. The fourth-order valence-electron chi connectivity index (χ4n) is 3.69. The standard InChI is InChI=1S/C14H17F3N4O/c15-14(16,17)13-4-12(13,5-18-7-13)6-20-11(22)9-3-19-10(21-9)8-1-2-8/h3,8,18H,1-2,4-7H2,(H,19,21)(H,20,22)/t12-,13-/m0/s1. The molecule has 8 heteroatoms. The van der Waals surface area contributed by atoms with E-state index in [0.717, 1.165) is 18.7 Å². The van der Waals surface area contributed by atoms with Crippen molar-refractivity contribution in [3.05, 3.63) is 17.7 Å². The minimum absolute atomic E-state index is 0.0378. The van der Waals surface area contributed by atoms with Crippen molar-refractivity contribution in [3.63, 3.8) is 0 Å². The van der Waals surface area contributed by atoms with Crippen molar-refractivity contribution in [3.8, 4) is 0 Å². The molecule has 0 radical (unpaired) electrons. The van der Waals surface area contributed by atoms with E-state index in [1.165, 1.54) is 6.20 Å². The molecule has 120 valence electrons. The summed E-state index contributed by atoms with van der Waals surface area (Å²) in [5.41, 5.74) is -2.23.